The Morgan fingerprint density at radius 3 is 2.12 bits per heavy atom. The van der Waals surface area contributed by atoms with Gasteiger partial charge in [-0.3, -0.25) is 4.90 Å². The molecule has 1 aliphatic heterocycles. The van der Waals surface area contributed by atoms with E-state index in [2.05, 4.69) is 4.90 Å². The van der Waals surface area contributed by atoms with Crippen molar-refractivity contribution in [1.82, 2.24) is 4.90 Å². The van der Waals surface area contributed by atoms with E-state index in [1.54, 1.807) is 0 Å². The summed E-state index contributed by atoms with van der Waals surface area (Å²) in [5.41, 5.74) is 0. The smallest absolute Gasteiger partial charge is 0.0702 e. The molecule has 16 heavy (non-hydrogen) atoms. The van der Waals surface area contributed by atoms with Gasteiger partial charge in [-0.05, 0) is 44.9 Å². The topological polar surface area (TPSA) is 12.5 Å². The molecular formula is C14H25NO. The molecule has 3 fully saturated rings. The number of hydrogen-bond acceptors (Lipinski definition) is 2. The van der Waals surface area contributed by atoms with Gasteiger partial charge in [0, 0.05) is 25.2 Å². The molecule has 1 unspecified atom stereocenters. The summed E-state index contributed by atoms with van der Waals surface area (Å²) < 4.78 is 5.90. The van der Waals surface area contributed by atoms with Crippen molar-refractivity contribution in [3.63, 3.8) is 0 Å². The summed E-state index contributed by atoms with van der Waals surface area (Å²) in [6.07, 6.45) is 13.2. The minimum atomic E-state index is 0.551. The van der Waals surface area contributed by atoms with E-state index in [0.29, 0.717) is 6.10 Å². The van der Waals surface area contributed by atoms with Crippen molar-refractivity contribution >= 4 is 0 Å². The molecule has 2 saturated carbocycles. The van der Waals surface area contributed by atoms with Crippen LogP contribution in [0.1, 0.15) is 57.8 Å². The van der Waals surface area contributed by atoms with E-state index in [4.69, 9.17) is 4.74 Å². The van der Waals surface area contributed by atoms with Crippen LogP contribution in [0.5, 0.6) is 0 Å². The molecule has 0 radical (unpaired) electrons. The fraction of sp³-hybridized carbons (Fsp3) is 1.00. The van der Waals surface area contributed by atoms with Gasteiger partial charge in [-0.25, -0.2) is 0 Å². The van der Waals surface area contributed by atoms with Gasteiger partial charge in [0.25, 0.3) is 0 Å². The largest absolute Gasteiger partial charge is 0.377 e. The molecule has 3 rings (SSSR count). The van der Waals surface area contributed by atoms with Gasteiger partial charge in [-0.2, -0.15) is 0 Å². The Bertz CT molecular complexity index is 215. The maximum Gasteiger partial charge on any atom is 0.0702 e. The summed E-state index contributed by atoms with van der Waals surface area (Å²) in [5.74, 6) is 0. The summed E-state index contributed by atoms with van der Waals surface area (Å²) in [6.45, 7) is 2.24. The molecule has 0 amide bonds. The Hall–Kier alpha value is -0.0800. The molecule has 0 aromatic rings. The van der Waals surface area contributed by atoms with Crippen LogP contribution in [0.25, 0.3) is 0 Å². The molecule has 92 valence electrons. The monoisotopic (exact) mass is 223 g/mol. The average molecular weight is 223 g/mol. The fourth-order valence-corrected chi connectivity index (χ4v) is 3.42. The summed E-state index contributed by atoms with van der Waals surface area (Å²) in [5, 5.41) is 0. The van der Waals surface area contributed by atoms with Gasteiger partial charge < -0.3 is 4.74 Å². The third kappa shape index (κ3) is 2.60. The maximum absolute atomic E-state index is 5.90. The van der Waals surface area contributed by atoms with Crippen molar-refractivity contribution < 1.29 is 4.74 Å². The minimum absolute atomic E-state index is 0.551. The summed E-state index contributed by atoms with van der Waals surface area (Å²) in [4.78, 5) is 2.81. The third-order valence-corrected chi connectivity index (χ3v) is 4.50. The Balaban J connectivity index is 1.55. The second-order valence-electron chi connectivity index (χ2n) is 5.85. The lowest BCUT2D eigenvalue weighted by Crippen LogP contribution is -2.42. The first-order valence-electron chi connectivity index (χ1n) is 7.31. The van der Waals surface area contributed by atoms with Crippen LogP contribution in [0.15, 0.2) is 0 Å². The van der Waals surface area contributed by atoms with Crippen LogP contribution < -0.4 is 0 Å². The Kier molecular flexibility index (Phi) is 3.49. The first-order valence-corrected chi connectivity index (χ1v) is 7.31. The van der Waals surface area contributed by atoms with E-state index < -0.39 is 0 Å². The molecule has 0 bridgehead atoms. The predicted molar refractivity (Wildman–Crippen MR) is 65.6 cm³/mol. The van der Waals surface area contributed by atoms with E-state index in [-0.39, 0.29) is 0 Å². The van der Waals surface area contributed by atoms with Crippen molar-refractivity contribution in [3.05, 3.63) is 0 Å². The predicted octanol–water partition coefficient (Wildman–Crippen LogP) is 2.96. The zero-order chi connectivity index (χ0) is 10.8. The standard InChI is InChI=1S/C14H25NO/c1-2-6-12(5-1)15(13-8-9-13)11-14-7-3-4-10-16-14/h12-14H,1-11H2. The molecule has 2 aliphatic carbocycles. The number of hydrogen-bond donors (Lipinski definition) is 0. The van der Waals surface area contributed by atoms with Crippen LogP contribution in [0.3, 0.4) is 0 Å². The van der Waals surface area contributed by atoms with Gasteiger partial charge >= 0.3 is 0 Å². The van der Waals surface area contributed by atoms with E-state index in [1.807, 2.05) is 0 Å². The lowest BCUT2D eigenvalue weighted by Gasteiger charge is -2.34. The van der Waals surface area contributed by atoms with E-state index >= 15 is 0 Å². The van der Waals surface area contributed by atoms with E-state index in [9.17, 15) is 0 Å². The van der Waals surface area contributed by atoms with Crippen molar-refractivity contribution in [2.75, 3.05) is 13.2 Å². The first kappa shape index (κ1) is 11.0. The number of ether oxygens (including phenoxy) is 1. The van der Waals surface area contributed by atoms with Crippen LogP contribution in [0, 0.1) is 0 Å². The van der Waals surface area contributed by atoms with Crippen molar-refractivity contribution in [3.8, 4) is 0 Å². The summed E-state index contributed by atoms with van der Waals surface area (Å²) in [6, 6.07) is 1.83. The molecule has 2 heteroatoms. The molecule has 1 heterocycles. The third-order valence-electron chi connectivity index (χ3n) is 4.50. The zero-order valence-electron chi connectivity index (χ0n) is 10.4. The lowest BCUT2D eigenvalue weighted by molar-refractivity contribution is -0.0154. The summed E-state index contributed by atoms with van der Waals surface area (Å²) in [7, 11) is 0. The van der Waals surface area contributed by atoms with Crippen LogP contribution in [0.2, 0.25) is 0 Å². The average Bonchev–Trinajstić information content (AvgIpc) is 3.02. The highest BCUT2D eigenvalue weighted by Crippen LogP contribution is 2.35. The molecule has 1 atom stereocenters. The van der Waals surface area contributed by atoms with Gasteiger partial charge in [-0.1, -0.05) is 12.8 Å². The normalized spacial score (nSPS) is 32.4. The number of rotatable bonds is 4. The highest BCUT2D eigenvalue weighted by Gasteiger charge is 2.36. The molecule has 2 nitrogen and oxygen atoms in total. The number of nitrogens with zero attached hydrogens (tertiary/aromatic N) is 1. The van der Waals surface area contributed by atoms with E-state index in [0.717, 1.165) is 18.7 Å². The van der Waals surface area contributed by atoms with E-state index in [1.165, 1.54) is 64.3 Å². The van der Waals surface area contributed by atoms with Gasteiger partial charge in [-0.15, -0.1) is 0 Å². The molecule has 0 N–H and O–H groups in total. The molecule has 0 aromatic heterocycles. The quantitative estimate of drug-likeness (QED) is 0.726. The van der Waals surface area contributed by atoms with Crippen LogP contribution in [-0.4, -0.2) is 36.2 Å². The fourth-order valence-electron chi connectivity index (χ4n) is 3.42. The van der Waals surface area contributed by atoms with Crippen molar-refractivity contribution in [2.24, 2.45) is 0 Å². The van der Waals surface area contributed by atoms with Crippen molar-refractivity contribution in [2.45, 2.75) is 76.0 Å². The Morgan fingerprint density at radius 1 is 0.812 bits per heavy atom. The summed E-state index contributed by atoms with van der Waals surface area (Å²) >= 11 is 0. The zero-order valence-corrected chi connectivity index (χ0v) is 10.4. The second kappa shape index (κ2) is 5.05. The second-order valence-corrected chi connectivity index (χ2v) is 5.85. The first-order chi connectivity index (χ1) is 7.93. The maximum atomic E-state index is 5.90. The van der Waals surface area contributed by atoms with Crippen molar-refractivity contribution in [1.29, 1.82) is 0 Å². The Morgan fingerprint density at radius 2 is 1.50 bits per heavy atom. The lowest BCUT2D eigenvalue weighted by atomic mass is 10.1. The molecule has 0 spiro atoms. The molecule has 3 aliphatic rings. The minimum Gasteiger partial charge on any atom is -0.377 e. The van der Waals surface area contributed by atoms with Crippen LogP contribution in [0.4, 0.5) is 0 Å². The van der Waals surface area contributed by atoms with Gasteiger partial charge in [0.1, 0.15) is 0 Å². The highest BCUT2D eigenvalue weighted by molar-refractivity contribution is 4.91. The Labute approximate surface area is 99.3 Å². The molecule has 0 aromatic carbocycles. The van der Waals surface area contributed by atoms with Gasteiger partial charge in [0.2, 0.25) is 0 Å². The van der Waals surface area contributed by atoms with Crippen LogP contribution >= 0.6 is 0 Å². The molecule has 1 saturated heterocycles. The van der Waals surface area contributed by atoms with Gasteiger partial charge in [0.05, 0.1) is 6.10 Å². The highest BCUT2D eigenvalue weighted by atomic mass is 16.5. The SMILES string of the molecule is C1CCC(CN(C2CCCC2)C2CC2)OC1. The molecular weight excluding hydrogens is 198 g/mol. The van der Waals surface area contributed by atoms with Gasteiger partial charge in [0.15, 0.2) is 0 Å². The van der Waals surface area contributed by atoms with Crippen LogP contribution in [-0.2, 0) is 4.74 Å².